The second kappa shape index (κ2) is 8.00. The number of halogens is 3. The summed E-state index contributed by atoms with van der Waals surface area (Å²) in [5.41, 5.74) is 6.78. The Morgan fingerprint density at radius 2 is 1.94 bits per heavy atom. The minimum Gasteiger partial charge on any atom is -0.383 e. The number of nitrogens with zero attached hydrogens (tertiary/aromatic N) is 5. The molecule has 34 heavy (non-hydrogen) atoms. The van der Waals surface area contributed by atoms with Crippen molar-refractivity contribution in [3.63, 3.8) is 0 Å². The number of pyridine rings is 2. The number of carbonyl (C=O) groups excluding carboxylic acids is 1. The van der Waals surface area contributed by atoms with Gasteiger partial charge in [-0.15, -0.1) is 0 Å². The number of urea groups is 1. The molecular formula is C23H24F3N7O. The molecule has 1 fully saturated rings. The zero-order valence-electron chi connectivity index (χ0n) is 18.5. The molecule has 178 valence electrons. The van der Waals surface area contributed by atoms with Gasteiger partial charge in [0.1, 0.15) is 5.82 Å². The number of carbonyl (C=O) groups is 1. The SMILES string of the molecule is C[C@@H](NC(=O)N1CCC2(CCn3nc(-c4cnc(N)c(C(F)(F)F)c4)cc32)C1)c1ccncc1. The molecule has 2 aliphatic rings. The van der Waals surface area contributed by atoms with Gasteiger partial charge in [-0.25, -0.2) is 9.78 Å². The lowest BCUT2D eigenvalue weighted by atomic mass is 9.82. The molecule has 3 N–H and O–H groups in total. The Balaban J connectivity index is 1.34. The summed E-state index contributed by atoms with van der Waals surface area (Å²) >= 11 is 0. The van der Waals surface area contributed by atoms with Gasteiger partial charge in [0, 0.05) is 54.9 Å². The molecule has 5 rings (SSSR count). The van der Waals surface area contributed by atoms with E-state index in [1.165, 1.54) is 6.20 Å². The molecule has 0 aliphatic carbocycles. The van der Waals surface area contributed by atoms with Crippen molar-refractivity contribution in [3.8, 4) is 11.3 Å². The highest BCUT2D eigenvalue weighted by Crippen LogP contribution is 2.44. The number of nitrogen functional groups attached to an aromatic ring is 1. The van der Waals surface area contributed by atoms with Crippen LogP contribution in [-0.2, 0) is 18.1 Å². The number of nitrogens with one attached hydrogen (secondary N) is 1. The maximum atomic E-state index is 13.3. The van der Waals surface area contributed by atoms with Crippen LogP contribution in [-0.4, -0.2) is 43.8 Å². The molecule has 11 heteroatoms. The van der Waals surface area contributed by atoms with Crippen LogP contribution in [0.25, 0.3) is 11.3 Å². The van der Waals surface area contributed by atoms with Gasteiger partial charge >= 0.3 is 12.2 Å². The number of nitrogens with two attached hydrogens (primary N) is 1. The van der Waals surface area contributed by atoms with E-state index < -0.39 is 17.6 Å². The number of hydrogen-bond donors (Lipinski definition) is 2. The molecule has 0 bridgehead atoms. The van der Waals surface area contributed by atoms with Crippen LogP contribution in [0, 0.1) is 0 Å². The first kappa shape index (κ1) is 22.2. The molecule has 0 saturated carbocycles. The highest BCUT2D eigenvalue weighted by atomic mass is 19.4. The van der Waals surface area contributed by atoms with Crippen molar-refractivity contribution in [1.82, 2.24) is 30.0 Å². The summed E-state index contributed by atoms with van der Waals surface area (Å²) < 4.78 is 41.6. The lowest BCUT2D eigenvalue weighted by Crippen LogP contribution is -2.41. The number of aryl methyl sites for hydroxylation is 1. The normalized spacial score (nSPS) is 20.5. The van der Waals surface area contributed by atoms with E-state index in [2.05, 4.69) is 20.4 Å². The van der Waals surface area contributed by atoms with E-state index in [-0.39, 0.29) is 23.1 Å². The minimum absolute atomic E-state index is 0.142. The van der Waals surface area contributed by atoms with Gasteiger partial charge in [-0.05, 0) is 49.6 Å². The average molecular weight is 471 g/mol. The fraction of sp³-hybridized carbons (Fsp3) is 0.391. The van der Waals surface area contributed by atoms with Crippen molar-refractivity contribution < 1.29 is 18.0 Å². The largest absolute Gasteiger partial charge is 0.419 e. The van der Waals surface area contributed by atoms with Gasteiger partial charge in [0.15, 0.2) is 0 Å². The number of aromatic nitrogens is 4. The van der Waals surface area contributed by atoms with Crippen LogP contribution in [0.2, 0.25) is 0 Å². The third kappa shape index (κ3) is 3.84. The summed E-state index contributed by atoms with van der Waals surface area (Å²) in [4.78, 5) is 22.4. The monoisotopic (exact) mass is 471 g/mol. The lowest BCUT2D eigenvalue weighted by molar-refractivity contribution is -0.137. The Morgan fingerprint density at radius 3 is 2.68 bits per heavy atom. The summed E-state index contributed by atoms with van der Waals surface area (Å²) in [7, 11) is 0. The van der Waals surface area contributed by atoms with Gasteiger partial charge in [0.2, 0.25) is 0 Å². The van der Waals surface area contributed by atoms with E-state index in [0.29, 0.717) is 25.3 Å². The van der Waals surface area contributed by atoms with Crippen LogP contribution in [0.15, 0.2) is 42.9 Å². The second-order valence-corrected chi connectivity index (χ2v) is 8.95. The summed E-state index contributed by atoms with van der Waals surface area (Å²) in [5.74, 6) is -0.557. The molecule has 2 atom stereocenters. The van der Waals surface area contributed by atoms with Crippen molar-refractivity contribution >= 4 is 11.8 Å². The second-order valence-electron chi connectivity index (χ2n) is 8.95. The zero-order chi connectivity index (χ0) is 24.1. The van der Waals surface area contributed by atoms with Crippen LogP contribution in [0.5, 0.6) is 0 Å². The van der Waals surface area contributed by atoms with E-state index >= 15 is 0 Å². The van der Waals surface area contributed by atoms with Crippen LogP contribution < -0.4 is 11.1 Å². The first-order valence-corrected chi connectivity index (χ1v) is 11.0. The van der Waals surface area contributed by atoms with Crippen molar-refractivity contribution in [1.29, 1.82) is 0 Å². The number of hydrogen-bond acceptors (Lipinski definition) is 5. The van der Waals surface area contributed by atoms with Crippen LogP contribution >= 0.6 is 0 Å². The van der Waals surface area contributed by atoms with Crippen molar-refractivity contribution in [2.75, 3.05) is 18.8 Å². The van der Waals surface area contributed by atoms with E-state index in [1.807, 2.05) is 29.8 Å². The minimum atomic E-state index is -4.59. The molecular weight excluding hydrogens is 447 g/mol. The lowest BCUT2D eigenvalue weighted by Gasteiger charge is -2.25. The van der Waals surface area contributed by atoms with Crippen molar-refractivity contribution in [3.05, 3.63) is 59.7 Å². The standard InChI is InChI=1S/C23H24F3N7O/c1-14(15-2-6-28-7-3-15)30-21(34)32-8-4-22(13-32)5-9-33-19(22)11-18(31-33)16-10-17(23(24,25)26)20(27)29-12-16/h2-3,6-7,10-12,14H,4-5,8-9,13H2,1H3,(H2,27,29)(H,30,34)/t14-,22?/m1/s1. The quantitative estimate of drug-likeness (QED) is 0.606. The number of likely N-dealkylation sites (tertiary alicyclic amines) is 1. The Morgan fingerprint density at radius 1 is 1.21 bits per heavy atom. The molecule has 0 aromatic carbocycles. The smallest absolute Gasteiger partial charge is 0.383 e. The third-order valence-corrected chi connectivity index (χ3v) is 6.83. The van der Waals surface area contributed by atoms with E-state index in [9.17, 15) is 18.0 Å². The number of rotatable bonds is 3. The molecule has 3 aromatic rings. The molecule has 1 spiro atoms. The molecule has 1 unspecified atom stereocenters. The summed E-state index contributed by atoms with van der Waals surface area (Å²) in [6.45, 7) is 3.69. The Kier molecular flexibility index (Phi) is 5.22. The van der Waals surface area contributed by atoms with Crippen LogP contribution in [0.1, 0.15) is 42.6 Å². The van der Waals surface area contributed by atoms with Crippen molar-refractivity contribution in [2.45, 2.75) is 43.9 Å². The first-order chi connectivity index (χ1) is 16.2. The Bertz CT molecular complexity index is 1230. The van der Waals surface area contributed by atoms with E-state index in [4.69, 9.17) is 5.73 Å². The van der Waals surface area contributed by atoms with Gasteiger partial charge in [-0.3, -0.25) is 9.67 Å². The molecule has 8 nitrogen and oxygen atoms in total. The van der Waals surface area contributed by atoms with E-state index in [1.54, 1.807) is 17.3 Å². The molecule has 0 radical (unpaired) electrons. The fourth-order valence-electron chi connectivity index (χ4n) is 4.92. The Labute approximate surface area is 194 Å². The number of fused-ring (bicyclic) bond motifs is 2. The zero-order valence-corrected chi connectivity index (χ0v) is 18.5. The fourth-order valence-corrected chi connectivity index (χ4v) is 4.92. The third-order valence-electron chi connectivity index (χ3n) is 6.83. The number of alkyl halides is 3. The topological polar surface area (TPSA) is 102 Å². The van der Waals surface area contributed by atoms with Crippen LogP contribution in [0.3, 0.4) is 0 Å². The highest BCUT2D eigenvalue weighted by Gasteiger charge is 2.47. The molecule has 3 aromatic heterocycles. The van der Waals surface area contributed by atoms with Gasteiger partial charge in [-0.1, -0.05) is 0 Å². The van der Waals surface area contributed by atoms with Crippen LogP contribution in [0.4, 0.5) is 23.8 Å². The summed E-state index contributed by atoms with van der Waals surface area (Å²) in [6, 6.07) is 6.24. The predicted octanol–water partition coefficient (Wildman–Crippen LogP) is 3.76. The number of amides is 2. The van der Waals surface area contributed by atoms with Gasteiger partial charge in [0.05, 0.1) is 17.3 Å². The Hall–Kier alpha value is -3.63. The maximum absolute atomic E-state index is 13.3. The highest BCUT2D eigenvalue weighted by molar-refractivity contribution is 5.75. The molecule has 1 saturated heterocycles. The summed E-state index contributed by atoms with van der Waals surface area (Å²) in [5, 5.41) is 7.57. The molecule has 2 aliphatic heterocycles. The first-order valence-electron chi connectivity index (χ1n) is 11.0. The predicted molar refractivity (Wildman–Crippen MR) is 119 cm³/mol. The molecule has 5 heterocycles. The van der Waals surface area contributed by atoms with Crippen molar-refractivity contribution in [2.24, 2.45) is 0 Å². The summed E-state index contributed by atoms with van der Waals surface area (Å²) in [6.07, 6.45) is 1.69. The number of anilines is 1. The van der Waals surface area contributed by atoms with Gasteiger partial charge < -0.3 is 16.0 Å². The maximum Gasteiger partial charge on any atom is 0.419 e. The average Bonchev–Trinajstić information content (AvgIpc) is 3.51. The van der Waals surface area contributed by atoms with Gasteiger partial charge in [-0.2, -0.15) is 18.3 Å². The molecule has 2 amide bonds. The van der Waals surface area contributed by atoms with Gasteiger partial charge in [0.25, 0.3) is 0 Å². The van der Waals surface area contributed by atoms with E-state index in [0.717, 1.165) is 30.2 Å².